The smallest absolute Gasteiger partial charge is 0.356 e. The molecule has 1 aliphatic carbocycles. The highest BCUT2D eigenvalue weighted by Gasteiger charge is 2.53. The Hall–Kier alpha value is -2.71. The second-order valence-electron chi connectivity index (χ2n) is 11.9. The molecule has 6 atom stereocenters. The van der Waals surface area contributed by atoms with Crippen LogP contribution in [0.3, 0.4) is 0 Å². The first-order valence-corrected chi connectivity index (χ1v) is 15.0. The summed E-state index contributed by atoms with van der Waals surface area (Å²) in [5.74, 6) is -5.25. The zero-order valence-electron chi connectivity index (χ0n) is 22.8. The second-order valence-corrected chi connectivity index (χ2v) is 13.9. The van der Waals surface area contributed by atoms with Crippen LogP contribution in [0.2, 0.25) is 0 Å². The van der Waals surface area contributed by atoms with Crippen LogP contribution in [-0.4, -0.2) is 80.6 Å². The number of fused-ring (bicyclic) bond motifs is 1. The first-order valence-electron chi connectivity index (χ1n) is 13.1. The summed E-state index contributed by atoms with van der Waals surface area (Å²) in [5.41, 5.74) is -1.14. The number of sulfone groups is 1. The van der Waals surface area contributed by atoms with Crippen LogP contribution in [0, 0.1) is 23.2 Å². The van der Waals surface area contributed by atoms with Gasteiger partial charge in [-0.05, 0) is 49.0 Å². The summed E-state index contributed by atoms with van der Waals surface area (Å²) in [6.07, 6.45) is -1.55. The summed E-state index contributed by atoms with van der Waals surface area (Å²) < 4.78 is 77.1. The Kier molecular flexibility index (Phi) is 9.26. The lowest BCUT2D eigenvalue weighted by molar-refractivity contribution is -0.176. The molecule has 3 rings (SSSR count). The molecule has 15 heteroatoms. The van der Waals surface area contributed by atoms with Crippen LogP contribution in [-0.2, 0) is 29.0 Å². The quantitative estimate of drug-likeness (QED) is 0.364. The molecule has 4 amide bonds. The number of halogens is 4. The first-order chi connectivity index (χ1) is 18.3. The normalized spacial score (nSPS) is 27.1. The maximum absolute atomic E-state index is 14.5. The van der Waals surface area contributed by atoms with Crippen molar-refractivity contribution in [2.75, 3.05) is 19.3 Å². The van der Waals surface area contributed by atoms with Crippen molar-refractivity contribution in [3.8, 4) is 0 Å². The van der Waals surface area contributed by atoms with Crippen LogP contribution in [0.25, 0.3) is 0 Å². The van der Waals surface area contributed by atoms with Gasteiger partial charge in [-0.3, -0.25) is 19.2 Å². The number of amides is 4. The zero-order chi connectivity index (χ0) is 30.2. The first kappa shape index (κ1) is 31.8. The highest BCUT2D eigenvalue weighted by molar-refractivity contribution is 7.94. The summed E-state index contributed by atoms with van der Waals surface area (Å²) >= 11 is 0. The molecule has 0 unspecified atom stereocenters. The summed E-state index contributed by atoms with van der Waals surface area (Å²) in [6.45, 7) is 4.91. The number of rotatable bonds is 8. The molecule has 0 aromatic heterocycles. The second kappa shape index (κ2) is 11.6. The Bertz CT molecular complexity index is 1170. The largest absolute Gasteiger partial charge is 0.471 e. The molecule has 40 heavy (non-hydrogen) atoms. The van der Waals surface area contributed by atoms with Crippen molar-refractivity contribution in [1.82, 2.24) is 20.9 Å². The van der Waals surface area contributed by atoms with Gasteiger partial charge in [-0.15, -0.1) is 0 Å². The lowest BCUT2D eigenvalue weighted by Gasteiger charge is -2.36. The van der Waals surface area contributed by atoms with Gasteiger partial charge in [0.15, 0.2) is 0 Å². The summed E-state index contributed by atoms with van der Waals surface area (Å²) in [4.78, 5) is 52.4. The van der Waals surface area contributed by atoms with Crippen LogP contribution in [0.5, 0.6) is 0 Å². The fourth-order valence-corrected chi connectivity index (χ4v) is 6.20. The third kappa shape index (κ3) is 7.32. The van der Waals surface area contributed by atoms with Gasteiger partial charge < -0.3 is 20.9 Å². The lowest BCUT2D eigenvalue weighted by atomic mass is 9.85. The van der Waals surface area contributed by atoms with Gasteiger partial charge in [0.25, 0.3) is 0 Å². The number of carbonyl (C=O) groups is 4. The molecule has 1 saturated carbocycles. The van der Waals surface area contributed by atoms with Gasteiger partial charge in [0.2, 0.25) is 32.7 Å². The van der Waals surface area contributed by atoms with Crippen LogP contribution in [0.15, 0.2) is 11.2 Å². The van der Waals surface area contributed by atoms with Gasteiger partial charge in [0.05, 0.1) is 6.04 Å². The topological polar surface area (TPSA) is 142 Å². The molecule has 0 aromatic rings. The van der Waals surface area contributed by atoms with E-state index in [0.717, 1.165) is 6.42 Å². The average molecular weight is 597 g/mol. The summed E-state index contributed by atoms with van der Waals surface area (Å²) in [5, 5.41) is 5.50. The van der Waals surface area contributed by atoms with Gasteiger partial charge in [-0.2, -0.15) is 17.6 Å². The van der Waals surface area contributed by atoms with E-state index in [1.807, 2.05) is 0 Å². The van der Waals surface area contributed by atoms with Gasteiger partial charge in [0, 0.05) is 25.3 Å². The Morgan fingerprint density at radius 2 is 1.77 bits per heavy atom. The van der Waals surface area contributed by atoms with E-state index < -0.39 is 68.4 Å². The van der Waals surface area contributed by atoms with Crippen molar-refractivity contribution in [3.63, 3.8) is 0 Å². The van der Waals surface area contributed by atoms with Crippen molar-refractivity contribution in [2.24, 2.45) is 23.2 Å². The van der Waals surface area contributed by atoms with E-state index in [4.69, 9.17) is 0 Å². The third-order valence-electron chi connectivity index (χ3n) is 7.80. The van der Waals surface area contributed by atoms with E-state index in [9.17, 15) is 45.2 Å². The molecule has 0 radical (unpaired) electrons. The van der Waals surface area contributed by atoms with E-state index in [2.05, 4.69) is 10.6 Å². The molecule has 3 fully saturated rings. The standard InChI is InChI=1S/C25H36F4N4O6S/c1-24(2,3)19(32-23(37)25(27,28)29)22(36)33-12-14-6-5-7-16(14)18(33)21(35)31-15(11-17(26)40(4,38)39)10-13-8-9-30-20(13)34/h11,13-16,18-19H,5-10,12H2,1-4H3,(H,30,34)(H,31,35)(H,32,37)/b17-11-/t13-,14+,15+,16+,18-,19+/m0/s1. The maximum Gasteiger partial charge on any atom is 0.471 e. The number of alkyl halides is 3. The monoisotopic (exact) mass is 596 g/mol. The molecule has 3 aliphatic rings. The lowest BCUT2D eigenvalue weighted by Crippen LogP contribution is -2.60. The molecule has 0 bridgehead atoms. The van der Waals surface area contributed by atoms with E-state index >= 15 is 0 Å². The van der Waals surface area contributed by atoms with Crippen LogP contribution in [0.1, 0.15) is 52.9 Å². The summed E-state index contributed by atoms with van der Waals surface area (Å²) in [7, 11) is -4.24. The number of carbonyl (C=O) groups excluding carboxylic acids is 4. The summed E-state index contributed by atoms with van der Waals surface area (Å²) in [6, 6.07) is -3.95. The van der Waals surface area contributed by atoms with E-state index in [1.54, 1.807) is 5.32 Å². The molecule has 2 aliphatic heterocycles. The van der Waals surface area contributed by atoms with Crippen molar-refractivity contribution in [1.29, 1.82) is 0 Å². The molecule has 0 aromatic carbocycles. The highest BCUT2D eigenvalue weighted by atomic mass is 32.2. The minimum Gasteiger partial charge on any atom is -0.356 e. The van der Waals surface area contributed by atoms with E-state index in [-0.39, 0.29) is 30.7 Å². The predicted octanol–water partition coefficient (Wildman–Crippen LogP) is 1.57. The van der Waals surface area contributed by atoms with Crippen molar-refractivity contribution in [3.05, 3.63) is 11.2 Å². The van der Waals surface area contributed by atoms with Crippen LogP contribution < -0.4 is 16.0 Å². The molecule has 2 saturated heterocycles. The molecule has 10 nitrogen and oxygen atoms in total. The number of likely N-dealkylation sites (tertiary alicyclic amines) is 1. The zero-order valence-corrected chi connectivity index (χ0v) is 23.6. The minimum absolute atomic E-state index is 0.0826. The number of nitrogens with zero attached hydrogens (tertiary/aromatic N) is 1. The fraction of sp³-hybridized carbons (Fsp3) is 0.760. The van der Waals surface area contributed by atoms with Crippen molar-refractivity contribution in [2.45, 2.75) is 77.2 Å². The van der Waals surface area contributed by atoms with Crippen LogP contribution in [0.4, 0.5) is 17.6 Å². The molecule has 2 heterocycles. The molecule has 226 valence electrons. The number of hydrogen-bond donors (Lipinski definition) is 3. The Balaban J connectivity index is 1.91. The SMILES string of the molecule is CC(C)(C)[C@H](NC(=O)C(F)(F)F)C(=O)N1C[C@H]2CCC[C@H]2[C@H]1C(=O)N[C@@H](/C=C(/F)S(C)(=O)=O)C[C@@H]1CCNC1=O. The Morgan fingerprint density at radius 3 is 2.30 bits per heavy atom. The molecule has 3 N–H and O–H groups in total. The molecule has 0 spiro atoms. The van der Waals surface area contributed by atoms with E-state index in [1.165, 1.54) is 25.7 Å². The van der Waals surface area contributed by atoms with Crippen LogP contribution >= 0.6 is 0 Å². The molecular weight excluding hydrogens is 560 g/mol. The highest BCUT2D eigenvalue weighted by Crippen LogP contribution is 2.43. The maximum atomic E-state index is 14.5. The van der Waals surface area contributed by atoms with Gasteiger partial charge in [-0.25, -0.2) is 8.42 Å². The van der Waals surface area contributed by atoms with E-state index in [0.29, 0.717) is 38.1 Å². The number of hydrogen-bond acceptors (Lipinski definition) is 6. The predicted molar refractivity (Wildman–Crippen MR) is 135 cm³/mol. The Labute approximate surface area is 230 Å². The van der Waals surface area contributed by atoms with Gasteiger partial charge in [0.1, 0.15) is 12.1 Å². The third-order valence-corrected chi connectivity index (χ3v) is 8.65. The fourth-order valence-electron chi connectivity index (χ4n) is 5.79. The minimum atomic E-state index is -5.22. The molecular formula is C25H36F4N4O6S. The van der Waals surface area contributed by atoms with Crippen molar-refractivity contribution < 1.29 is 45.2 Å². The van der Waals surface area contributed by atoms with Gasteiger partial charge >= 0.3 is 12.1 Å². The Morgan fingerprint density at radius 1 is 1.12 bits per heavy atom. The number of nitrogens with one attached hydrogen (secondary N) is 3. The van der Waals surface area contributed by atoms with Gasteiger partial charge in [-0.1, -0.05) is 27.2 Å². The average Bonchev–Trinajstić information content (AvgIpc) is 3.50. The van der Waals surface area contributed by atoms with Crippen molar-refractivity contribution >= 4 is 33.5 Å².